The van der Waals surface area contributed by atoms with E-state index in [0.717, 1.165) is 32.7 Å². The van der Waals surface area contributed by atoms with Crippen molar-refractivity contribution in [1.82, 2.24) is 10.2 Å². The van der Waals surface area contributed by atoms with E-state index < -0.39 is 0 Å². The predicted molar refractivity (Wildman–Crippen MR) is 80.7 cm³/mol. The molecule has 0 radical (unpaired) electrons. The van der Waals surface area contributed by atoms with Gasteiger partial charge in [-0.25, -0.2) is 0 Å². The first kappa shape index (κ1) is 15.8. The first-order valence-corrected chi connectivity index (χ1v) is 8.20. The van der Waals surface area contributed by atoms with E-state index in [0.29, 0.717) is 12.5 Å². The van der Waals surface area contributed by atoms with Gasteiger partial charge in [0, 0.05) is 31.0 Å². The third-order valence-electron chi connectivity index (χ3n) is 5.03. The van der Waals surface area contributed by atoms with Gasteiger partial charge >= 0.3 is 0 Å². The summed E-state index contributed by atoms with van der Waals surface area (Å²) < 4.78 is 5.58. The smallest absolute Gasteiger partial charge is 0.221 e. The van der Waals surface area contributed by atoms with Crippen molar-refractivity contribution in [3.63, 3.8) is 0 Å². The van der Waals surface area contributed by atoms with Crippen LogP contribution in [0.2, 0.25) is 0 Å². The summed E-state index contributed by atoms with van der Waals surface area (Å²) in [6.45, 7) is 5.52. The Morgan fingerprint density at radius 3 is 2.75 bits per heavy atom. The molecule has 1 saturated heterocycles. The van der Waals surface area contributed by atoms with E-state index in [9.17, 15) is 4.79 Å². The molecule has 2 aliphatic rings. The average molecular weight is 282 g/mol. The number of nitrogens with zero attached hydrogens (tertiary/aromatic N) is 1. The molecule has 20 heavy (non-hydrogen) atoms. The molecule has 0 bridgehead atoms. The number of piperidine rings is 1. The van der Waals surface area contributed by atoms with Crippen molar-refractivity contribution < 1.29 is 9.53 Å². The fourth-order valence-electron chi connectivity index (χ4n) is 3.34. The van der Waals surface area contributed by atoms with Gasteiger partial charge in [-0.3, -0.25) is 4.79 Å². The highest BCUT2D eigenvalue weighted by molar-refractivity contribution is 5.76. The van der Waals surface area contributed by atoms with E-state index in [-0.39, 0.29) is 11.3 Å². The van der Waals surface area contributed by atoms with Crippen molar-refractivity contribution in [2.45, 2.75) is 57.9 Å². The summed E-state index contributed by atoms with van der Waals surface area (Å²) in [4.78, 5) is 14.5. The largest absolute Gasteiger partial charge is 0.381 e. The maximum Gasteiger partial charge on any atom is 0.221 e. The van der Waals surface area contributed by atoms with Crippen molar-refractivity contribution in [3.05, 3.63) is 0 Å². The van der Waals surface area contributed by atoms with Gasteiger partial charge in [-0.1, -0.05) is 12.8 Å². The minimum atomic E-state index is 0.214. The standard InChI is InChI=1S/C16H30N2O2/c1-3-20-13-16(8-6-9-16)12-17-15(19)11-14-7-4-5-10-18(14)2/h14H,3-13H2,1-2H3,(H,17,19). The van der Waals surface area contributed by atoms with Crippen molar-refractivity contribution >= 4 is 5.91 Å². The van der Waals surface area contributed by atoms with Crippen LogP contribution in [0.1, 0.15) is 51.9 Å². The lowest BCUT2D eigenvalue weighted by Crippen LogP contribution is -2.47. The summed E-state index contributed by atoms with van der Waals surface area (Å²) in [6, 6.07) is 0.438. The van der Waals surface area contributed by atoms with Gasteiger partial charge in [0.1, 0.15) is 0 Å². The van der Waals surface area contributed by atoms with Gasteiger partial charge in [0.2, 0.25) is 5.91 Å². The second-order valence-electron chi connectivity index (χ2n) is 6.60. The molecule has 4 nitrogen and oxygen atoms in total. The topological polar surface area (TPSA) is 41.6 Å². The highest BCUT2D eigenvalue weighted by atomic mass is 16.5. The molecule has 1 amide bonds. The molecule has 0 aromatic rings. The molecule has 1 heterocycles. The highest BCUT2D eigenvalue weighted by Gasteiger charge is 2.37. The van der Waals surface area contributed by atoms with Crippen LogP contribution in [0, 0.1) is 5.41 Å². The van der Waals surface area contributed by atoms with Crippen molar-refractivity contribution in [2.75, 3.05) is 33.4 Å². The Morgan fingerprint density at radius 2 is 2.15 bits per heavy atom. The first-order valence-electron chi connectivity index (χ1n) is 8.20. The molecule has 1 atom stereocenters. The van der Waals surface area contributed by atoms with Gasteiger partial charge in [-0.15, -0.1) is 0 Å². The Morgan fingerprint density at radius 1 is 1.35 bits per heavy atom. The minimum Gasteiger partial charge on any atom is -0.381 e. The molecule has 1 saturated carbocycles. The molecular formula is C16H30N2O2. The summed E-state index contributed by atoms with van der Waals surface area (Å²) in [5.41, 5.74) is 0.226. The van der Waals surface area contributed by atoms with Crippen LogP contribution < -0.4 is 5.32 Å². The number of rotatable bonds is 7. The first-order chi connectivity index (χ1) is 9.65. The Hall–Kier alpha value is -0.610. The van der Waals surface area contributed by atoms with Crippen LogP contribution in [0.15, 0.2) is 0 Å². The number of hydrogen-bond donors (Lipinski definition) is 1. The molecule has 0 aromatic heterocycles. The van der Waals surface area contributed by atoms with Gasteiger partial charge in [0.25, 0.3) is 0 Å². The SMILES string of the molecule is CCOCC1(CNC(=O)CC2CCCCN2C)CCC1. The summed E-state index contributed by atoms with van der Waals surface area (Å²) in [5.74, 6) is 0.214. The number of carbonyl (C=O) groups is 1. The van der Waals surface area contributed by atoms with Gasteiger partial charge in [0.15, 0.2) is 0 Å². The van der Waals surface area contributed by atoms with Crippen molar-refractivity contribution in [1.29, 1.82) is 0 Å². The van der Waals surface area contributed by atoms with Crippen molar-refractivity contribution in [2.24, 2.45) is 5.41 Å². The number of likely N-dealkylation sites (tertiary alicyclic amines) is 1. The lowest BCUT2D eigenvalue weighted by molar-refractivity contribution is -0.123. The molecule has 4 heteroatoms. The number of ether oxygens (including phenoxy) is 1. The Labute approximate surface area is 123 Å². The lowest BCUT2D eigenvalue weighted by atomic mass is 9.69. The molecule has 116 valence electrons. The van der Waals surface area contributed by atoms with E-state index in [1.54, 1.807) is 0 Å². The van der Waals surface area contributed by atoms with Gasteiger partial charge < -0.3 is 15.0 Å². The Kier molecular flexibility index (Phi) is 5.85. The second-order valence-corrected chi connectivity index (χ2v) is 6.60. The summed E-state index contributed by atoms with van der Waals surface area (Å²) in [6.07, 6.45) is 8.00. The normalized spacial score (nSPS) is 26.0. The van der Waals surface area contributed by atoms with Crippen LogP contribution in [0.4, 0.5) is 0 Å². The zero-order chi connectivity index (χ0) is 14.4. The summed E-state index contributed by atoms with van der Waals surface area (Å²) in [7, 11) is 2.14. The Balaban J connectivity index is 1.71. The molecular weight excluding hydrogens is 252 g/mol. The van der Waals surface area contributed by atoms with Crippen LogP contribution in [0.5, 0.6) is 0 Å². The quantitative estimate of drug-likeness (QED) is 0.778. The average Bonchev–Trinajstić information content (AvgIpc) is 2.40. The van der Waals surface area contributed by atoms with Crippen LogP contribution in [0.25, 0.3) is 0 Å². The van der Waals surface area contributed by atoms with E-state index in [2.05, 4.69) is 17.3 Å². The second kappa shape index (κ2) is 7.41. The van der Waals surface area contributed by atoms with Gasteiger partial charge in [-0.05, 0) is 46.2 Å². The fourth-order valence-corrected chi connectivity index (χ4v) is 3.34. The minimum absolute atomic E-state index is 0.214. The zero-order valence-corrected chi connectivity index (χ0v) is 13.1. The number of carbonyl (C=O) groups excluding carboxylic acids is 1. The Bertz CT molecular complexity index is 316. The van der Waals surface area contributed by atoms with Crippen LogP contribution in [-0.2, 0) is 9.53 Å². The van der Waals surface area contributed by atoms with Gasteiger partial charge in [-0.2, -0.15) is 0 Å². The molecule has 1 aliphatic heterocycles. The van der Waals surface area contributed by atoms with Crippen LogP contribution in [-0.4, -0.2) is 50.2 Å². The lowest BCUT2D eigenvalue weighted by Gasteiger charge is -2.41. The molecule has 1 N–H and O–H groups in total. The van der Waals surface area contributed by atoms with Crippen molar-refractivity contribution in [3.8, 4) is 0 Å². The third kappa shape index (κ3) is 4.19. The maximum atomic E-state index is 12.1. The van der Waals surface area contributed by atoms with Crippen LogP contribution >= 0.6 is 0 Å². The number of hydrogen-bond acceptors (Lipinski definition) is 3. The van der Waals surface area contributed by atoms with E-state index in [1.807, 2.05) is 6.92 Å². The maximum absolute atomic E-state index is 12.1. The fraction of sp³-hybridized carbons (Fsp3) is 0.938. The third-order valence-corrected chi connectivity index (χ3v) is 5.03. The van der Waals surface area contributed by atoms with E-state index in [4.69, 9.17) is 4.74 Å². The zero-order valence-electron chi connectivity index (χ0n) is 13.1. The molecule has 2 rings (SSSR count). The van der Waals surface area contributed by atoms with E-state index >= 15 is 0 Å². The van der Waals surface area contributed by atoms with Crippen LogP contribution in [0.3, 0.4) is 0 Å². The molecule has 0 spiro atoms. The molecule has 1 unspecified atom stereocenters. The molecule has 2 fully saturated rings. The molecule has 1 aliphatic carbocycles. The number of amides is 1. The molecule has 0 aromatic carbocycles. The summed E-state index contributed by atoms with van der Waals surface area (Å²) >= 11 is 0. The van der Waals surface area contributed by atoms with Gasteiger partial charge in [0.05, 0.1) is 6.61 Å². The predicted octanol–water partition coefficient (Wildman–Crippen LogP) is 2.18. The summed E-state index contributed by atoms with van der Waals surface area (Å²) in [5, 5.41) is 3.16. The number of nitrogens with one attached hydrogen (secondary N) is 1. The highest BCUT2D eigenvalue weighted by Crippen LogP contribution is 2.40. The monoisotopic (exact) mass is 282 g/mol. The van der Waals surface area contributed by atoms with E-state index in [1.165, 1.54) is 32.1 Å².